The van der Waals surface area contributed by atoms with Crippen LogP contribution in [0.5, 0.6) is 17.2 Å². The predicted molar refractivity (Wildman–Crippen MR) is 80.8 cm³/mol. The molecular weight excluding hydrogens is 288 g/mol. The first-order valence-corrected chi connectivity index (χ1v) is 7.14. The lowest BCUT2D eigenvalue weighted by atomic mass is 10.1. The summed E-state index contributed by atoms with van der Waals surface area (Å²) in [6.45, 7) is 4.58. The third-order valence-electron chi connectivity index (χ3n) is 3.50. The van der Waals surface area contributed by atoms with Crippen molar-refractivity contribution in [3.05, 3.63) is 17.7 Å². The van der Waals surface area contributed by atoms with E-state index >= 15 is 0 Å². The van der Waals surface area contributed by atoms with E-state index in [1.807, 2.05) is 0 Å². The Morgan fingerprint density at radius 2 is 1.82 bits per heavy atom. The summed E-state index contributed by atoms with van der Waals surface area (Å²) in [6, 6.07) is 3.10. The SMILES string of the molecule is COc1cc(C(N)=O)cc(OC)c1OCCN1CCOCC1. The lowest BCUT2D eigenvalue weighted by molar-refractivity contribution is 0.0319. The largest absolute Gasteiger partial charge is 0.493 e. The molecule has 1 aliphatic rings. The Hall–Kier alpha value is -1.99. The van der Waals surface area contributed by atoms with Crippen LogP contribution in [-0.2, 0) is 4.74 Å². The van der Waals surface area contributed by atoms with Gasteiger partial charge in [0.15, 0.2) is 11.5 Å². The topological polar surface area (TPSA) is 83.2 Å². The summed E-state index contributed by atoms with van der Waals surface area (Å²) in [7, 11) is 3.02. The highest BCUT2D eigenvalue weighted by molar-refractivity contribution is 5.94. The van der Waals surface area contributed by atoms with E-state index in [1.165, 1.54) is 14.2 Å². The molecule has 1 amide bonds. The molecule has 0 saturated carbocycles. The van der Waals surface area contributed by atoms with E-state index in [0.717, 1.165) is 32.8 Å². The van der Waals surface area contributed by atoms with Crippen molar-refractivity contribution in [2.24, 2.45) is 5.73 Å². The fraction of sp³-hybridized carbons (Fsp3) is 0.533. The number of carbonyl (C=O) groups is 1. The molecule has 1 heterocycles. The van der Waals surface area contributed by atoms with Crippen molar-refractivity contribution in [2.45, 2.75) is 0 Å². The Balaban J connectivity index is 2.06. The van der Waals surface area contributed by atoms with E-state index in [0.29, 0.717) is 29.4 Å². The van der Waals surface area contributed by atoms with Crippen LogP contribution in [-0.4, -0.2) is 64.5 Å². The van der Waals surface area contributed by atoms with Crippen molar-refractivity contribution in [3.8, 4) is 17.2 Å². The van der Waals surface area contributed by atoms with Gasteiger partial charge in [0, 0.05) is 25.2 Å². The number of nitrogens with two attached hydrogens (primary N) is 1. The minimum absolute atomic E-state index is 0.314. The van der Waals surface area contributed by atoms with Crippen LogP contribution in [0.3, 0.4) is 0 Å². The maximum Gasteiger partial charge on any atom is 0.248 e. The van der Waals surface area contributed by atoms with E-state index in [4.69, 9.17) is 24.7 Å². The molecule has 1 aromatic carbocycles. The molecule has 0 radical (unpaired) electrons. The van der Waals surface area contributed by atoms with Gasteiger partial charge in [0.25, 0.3) is 0 Å². The second-order valence-electron chi connectivity index (χ2n) is 4.88. The van der Waals surface area contributed by atoms with Crippen LogP contribution in [0.4, 0.5) is 0 Å². The quantitative estimate of drug-likeness (QED) is 0.790. The Bertz CT molecular complexity index is 490. The van der Waals surface area contributed by atoms with Crippen LogP contribution in [0.2, 0.25) is 0 Å². The Labute approximate surface area is 129 Å². The highest BCUT2D eigenvalue weighted by Gasteiger charge is 2.17. The van der Waals surface area contributed by atoms with E-state index in [2.05, 4.69) is 4.90 Å². The summed E-state index contributed by atoms with van der Waals surface area (Å²) in [6.07, 6.45) is 0. The van der Waals surface area contributed by atoms with E-state index in [9.17, 15) is 4.79 Å². The highest BCUT2D eigenvalue weighted by Crippen LogP contribution is 2.38. The molecule has 1 aromatic rings. The molecule has 7 nitrogen and oxygen atoms in total. The zero-order valence-electron chi connectivity index (χ0n) is 13.0. The van der Waals surface area contributed by atoms with Gasteiger partial charge in [-0.1, -0.05) is 0 Å². The average Bonchev–Trinajstić information content (AvgIpc) is 2.55. The van der Waals surface area contributed by atoms with Crippen LogP contribution in [0.15, 0.2) is 12.1 Å². The summed E-state index contributed by atoms with van der Waals surface area (Å²) in [5.74, 6) is 0.782. The maximum atomic E-state index is 11.3. The number of rotatable bonds is 7. The standard InChI is InChI=1S/C15H22N2O5/c1-19-12-9-11(15(16)18)10-13(20-2)14(12)22-8-5-17-3-6-21-7-4-17/h9-10H,3-8H2,1-2H3,(H2,16,18). The van der Waals surface area contributed by atoms with Gasteiger partial charge in [-0.25, -0.2) is 0 Å². The minimum Gasteiger partial charge on any atom is -0.493 e. The number of amides is 1. The van der Waals surface area contributed by atoms with Gasteiger partial charge in [0.2, 0.25) is 11.7 Å². The number of morpholine rings is 1. The van der Waals surface area contributed by atoms with Crippen molar-refractivity contribution in [1.82, 2.24) is 4.90 Å². The first-order valence-electron chi connectivity index (χ1n) is 7.14. The van der Waals surface area contributed by atoms with Crippen molar-refractivity contribution in [1.29, 1.82) is 0 Å². The molecule has 1 fully saturated rings. The molecule has 2 rings (SSSR count). The Morgan fingerprint density at radius 1 is 1.23 bits per heavy atom. The molecule has 1 saturated heterocycles. The van der Waals surface area contributed by atoms with Crippen LogP contribution >= 0.6 is 0 Å². The molecule has 2 N–H and O–H groups in total. The molecule has 0 aromatic heterocycles. The third kappa shape index (κ3) is 4.02. The summed E-state index contributed by atoms with van der Waals surface area (Å²) in [5, 5.41) is 0. The number of nitrogens with zero attached hydrogens (tertiary/aromatic N) is 1. The molecule has 0 bridgehead atoms. The van der Waals surface area contributed by atoms with Crippen molar-refractivity contribution in [3.63, 3.8) is 0 Å². The molecule has 1 aliphatic heterocycles. The van der Waals surface area contributed by atoms with Gasteiger partial charge in [-0.05, 0) is 12.1 Å². The number of hydrogen-bond donors (Lipinski definition) is 1. The Morgan fingerprint density at radius 3 is 2.32 bits per heavy atom. The predicted octanol–water partition coefficient (Wildman–Crippen LogP) is 0.514. The summed E-state index contributed by atoms with van der Waals surface area (Å²) in [4.78, 5) is 13.6. The van der Waals surface area contributed by atoms with Crippen LogP contribution in [0.1, 0.15) is 10.4 Å². The second kappa shape index (κ2) is 7.86. The molecular formula is C15H22N2O5. The van der Waals surface area contributed by atoms with Gasteiger partial charge < -0.3 is 24.7 Å². The van der Waals surface area contributed by atoms with Gasteiger partial charge >= 0.3 is 0 Å². The highest BCUT2D eigenvalue weighted by atomic mass is 16.5. The van der Waals surface area contributed by atoms with Gasteiger partial charge in [-0.2, -0.15) is 0 Å². The maximum absolute atomic E-state index is 11.3. The van der Waals surface area contributed by atoms with Crippen LogP contribution in [0.25, 0.3) is 0 Å². The fourth-order valence-corrected chi connectivity index (χ4v) is 2.27. The summed E-state index contributed by atoms with van der Waals surface area (Å²) < 4.78 is 21.7. The third-order valence-corrected chi connectivity index (χ3v) is 3.50. The van der Waals surface area contributed by atoms with E-state index < -0.39 is 5.91 Å². The van der Waals surface area contributed by atoms with E-state index in [1.54, 1.807) is 12.1 Å². The van der Waals surface area contributed by atoms with Crippen molar-refractivity contribution in [2.75, 3.05) is 53.7 Å². The first-order chi connectivity index (χ1) is 10.7. The van der Waals surface area contributed by atoms with Crippen LogP contribution in [0, 0.1) is 0 Å². The normalized spacial score (nSPS) is 15.4. The summed E-state index contributed by atoms with van der Waals surface area (Å²) in [5.41, 5.74) is 5.61. The zero-order chi connectivity index (χ0) is 15.9. The molecule has 0 spiro atoms. The molecule has 22 heavy (non-hydrogen) atoms. The van der Waals surface area contributed by atoms with Gasteiger partial charge in [0.05, 0.1) is 27.4 Å². The lowest BCUT2D eigenvalue weighted by Gasteiger charge is -2.26. The number of primary amides is 1. The molecule has 0 unspecified atom stereocenters. The number of carbonyl (C=O) groups excluding carboxylic acids is 1. The molecule has 7 heteroatoms. The monoisotopic (exact) mass is 310 g/mol. The fourth-order valence-electron chi connectivity index (χ4n) is 2.27. The molecule has 0 aliphatic carbocycles. The van der Waals surface area contributed by atoms with Crippen molar-refractivity contribution >= 4 is 5.91 Å². The Kier molecular flexibility index (Phi) is 5.85. The van der Waals surface area contributed by atoms with Gasteiger partial charge in [0.1, 0.15) is 6.61 Å². The minimum atomic E-state index is -0.545. The number of ether oxygens (including phenoxy) is 4. The van der Waals surface area contributed by atoms with Crippen LogP contribution < -0.4 is 19.9 Å². The zero-order valence-corrected chi connectivity index (χ0v) is 13.0. The molecule has 122 valence electrons. The molecule has 0 atom stereocenters. The number of hydrogen-bond acceptors (Lipinski definition) is 6. The first kappa shape index (κ1) is 16.4. The van der Waals surface area contributed by atoms with Gasteiger partial charge in [-0.15, -0.1) is 0 Å². The smallest absolute Gasteiger partial charge is 0.248 e. The van der Waals surface area contributed by atoms with Crippen molar-refractivity contribution < 1.29 is 23.7 Å². The average molecular weight is 310 g/mol. The van der Waals surface area contributed by atoms with E-state index in [-0.39, 0.29) is 0 Å². The van der Waals surface area contributed by atoms with Gasteiger partial charge in [-0.3, -0.25) is 9.69 Å². The number of methoxy groups -OCH3 is 2. The number of benzene rings is 1. The lowest BCUT2D eigenvalue weighted by Crippen LogP contribution is -2.38. The second-order valence-corrected chi connectivity index (χ2v) is 4.88. The summed E-state index contributed by atoms with van der Waals surface area (Å²) >= 11 is 0.